The van der Waals surface area contributed by atoms with Crippen LogP contribution in [-0.2, 0) is 18.2 Å². The molecule has 0 heterocycles. The van der Waals surface area contributed by atoms with Crippen molar-refractivity contribution in [2.75, 3.05) is 0 Å². The molecule has 0 saturated heterocycles. The molecule has 0 bridgehead atoms. The average Bonchev–Trinajstić information content (AvgIpc) is 1.87. The summed E-state index contributed by atoms with van der Waals surface area (Å²) in [6.07, 6.45) is 0. The second-order valence-electron chi connectivity index (χ2n) is 1.76. The van der Waals surface area contributed by atoms with E-state index in [1.54, 1.807) is 0 Å². The van der Waals surface area contributed by atoms with Crippen LogP contribution < -0.4 is 0 Å². The van der Waals surface area contributed by atoms with E-state index in [1.165, 1.54) is 5.56 Å². The van der Waals surface area contributed by atoms with E-state index >= 15 is 0 Å². The van der Waals surface area contributed by atoms with Crippen LogP contribution in [0.3, 0.4) is 0 Å². The van der Waals surface area contributed by atoms with Gasteiger partial charge in [0.1, 0.15) is 0 Å². The van der Waals surface area contributed by atoms with Crippen LogP contribution in [0.15, 0.2) is 24.3 Å². The van der Waals surface area contributed by atoms with E-state index < -0.39 is 18.2 Å². The van der Waals surface area contributed by atoms with Crippen LogP contribution in [0.2, 0.25) is 0 Å². The first-order valence-corrected chi connectivity index (χ1v) is 12.4. The monoisotopic (exact) mass is 286 g/mol. The molecule has 0 unspecified atom stereocenters. The molecule has 61 valence electrons. The van der Waals surface area contributed by atoms with E-state index in [1.807, 2.05) is 31.2 Å². The molecule has 0 saturated carbocycles. The van der Waals surface area contributed by atoms with Crippen molar-refractivity contribution < 1.29 is 18.2 Å². The molecule has 0 spiro atoms. The summed E-state index contributed by atoms with van der Waals surface area (Å²) in [5.74, 6) is 0. The van der Waals surface area contributed by atoms with E-state index in [4.69, 9.17) is 25.5 Å². The summed E-state index contributed by atoms with van der Waals surface area (Å²) in [7, 11) is 15.0. The van der Waals surface area contributed by atoms with Crippen LogP contribution in [0.1, 0.15) is 5.56 Å². The number of hydrogen-bond acceptors (Lipinski definition) is 0. The summed E-state index contributed by atoms with van der Waals surface area (Å²) >= 11 is -2.13. The fourth-order valence-electron chi connectivity index (χ4n) is 0.483. The van der Waals surface area contributed by atoms with Gasteiger partial charge < -0.3 is 0 Å². The molecule has 1 aromatic rings. The number of benzene rings is 1. The third kappa shape index (κ3) is 11.0. The van der Waals surface area contributed by atoms with Crippen LogP contribution in [0.25, 0.3) is 0 Å². The number of aryl methyl sites for hydroxylation is 1. The molecule has 0 aliphatic rings. The zero-order valence-corrected chi connectivity index (χ0v) is 10.7. The van der Waals surface area contributed by atoms with Crippen molar-refractivity contribution in [1.82, 2.24) is 0 Å². The molecular weight excluding hydrogens is 282 g/mol. The van der Waals surface area contributed by atoms with Crippen molar-refractivity contribution in [2.24, 2.45) is 0 Å². The molecule has 4 heteroatoms. The van der Waals surface area contributed by atoms with Gasteiger partial charge in [0, 0.05) is 0 Å². The predicted octanol–water partition coefficient (Wildman–Crippen LogP) is 3.86. The van der Waals surface area contributed by atoms with Gasteiger partial charge in [-0.1, -0.05) is 6.92 Å². The average molecular weight is 289 g/mol. The Labute approximate surface area is 85.8 Å². The minimum atomic E-state index is -2.13. The Morgan fingerprint density at radius 1 is 1.27 bits per heavy atom. The number of halogens is 3. The maximum absolute atomic E-state index is 5.00. The van der Waals surface area contributed by atoms with Crippen LogP contribution in [0, 0.1) is 13.0 Å². The van der Waals surface area contributed by atoms with Gasteiger partial charge in [-0.2, -0.15) is 35.9 Å². The van der Waals surface area contributed by atoms with Crippen LogP contribution >= 0.6 is 25.5 Å². The molecule has 0 aliphatic heterocycles. The van der Waals surface area contributed by atoms with E-state index in [0.717, 1.165) is 0 Å². The van der Waals surface area contributed by atoms with Gasteiger partial charge in [0.05, 0.1) is 0 Å². The standard InChI is InChI=1S/C7H7.3ClH.Zr/c1-7-5-3-2-4-6-7;;;;/h2-5H,1H3;3*1H;/q-1;;;;+3/p-3. The Hall–Kier alpha value is 0.973. The Morgan fingerprint density at radius 2 is 1.82 bits per heavy atom. The number of hydrogen-bond donors (Lipinski definition) is 0. The van der Waals surface area contributed by atoms with Crippen LogP contribution in [0.5, 0.6) is 0 Å². The zero-order valence-electron chi connectivity index (χ0n) is 5.94. The Bertz CT molecular complexity index is 174. The van der Waals surface area contributed by atoms with Crippen molar-refractivity contribution in [3.8, 4) is 0 Å². The Balaban J connectivity index is 0.000000218. The van der Waals surface area contributed by atoms with E-state index in [9.17, 15) is 0 Å². The molecule has 0 aromatic heterocycles. The van der Waals surface area contributed by atoms with Gasteiger partial charge in [-0.3, -0.25) is 0 Å². The molecule has 11 heavy (non-hydrogen) atoms. The van der Waals surface area contributed by atoms with Gasteiger partial charge in [0.25, 0.3) is 0 Å². The fraction of sp³-hybridized carbons (Fsp3) is 0.143. The summed E-state index contributed by atoms with van der Waals surface area (Å²) in [6.45, 7) is 2.03. The van der Waals surface area contributed by atoms with Gasteiger partial charge in [-0.05, 0) is 0 Å². The Morgan fingerprint density at radius 3 is 2.00 bits per heavy atom. The SMILES string of the molecule is Cc1[c-]cccc1.[Cl][Zr]([Cl])[Cl]. The summed E-state index contributed by atoms with van der Waals surface area (Å²) in [5, 5.41) is 0. The van der Waals surface area contributed by atoms with Crippen LogP contribution in [0.4, 0.5) is 0 Å². The zero-order chi connectivity index (χ0) is 8.69. The first kappa shape index (κ1) is 12.0. The van der Waals surface area contributed by atoms with Gasteiger partial charge in [0.15, 0.2) is 0 Å². The van der Waals surface area contributed by atoms with Gasteiger partial charge in [-0.25, -0.2) is 0 Å². The summed E-state index contributed by atoms with van der Waals surface area (Å²) in [6, 6.07) is 10.9. The van der Waals surface area contributed by atoms with Crippen molar-refractivity contribution in [3.05, 3.63) is 35.9 Å². The third-order valence-corrected chi connectivity index (χ3v) is 0.865. The molecule has 0 aliphatic carbocycles. The van der Waals surface area contributed by atoms with Crippen molar-refractivity contribution >= 4 is 25.5 Å². The maximum atomic E-state index is 5.00. The molecule has 0 nitrogen and oxygen atoms in total. The molecule has 0 atom stereocenters. The van der Waals surface area contributed by atoms with Gasteiger partial charge in [0.2, 0.25) is 0 Å². The molecule has 0 fully saturated rings. The fourth-order valence-corrected chi connectivity index (χ4v) is 0.483. The minimum absolute atomic E-state index is 1.20. The predicted molar refractivity (Wildman–Crippen MR) is 47.6 cm³/mol. The molecule has 1 aromatic carbocycles. The molecule has 0 N–H and O–H groups in total. The topological polar surface area (TPSA) is 0 Å². The third-order valence-electron chi connectivity index (χ3n) is 0.865. The van der Waals surface area contributed by atoms with E-state index in [0.29, 0.717) is 0 Å². The summed E-state index contributed by atoms with van der Waals surface area (Å²) in [5.41, 5.74) is 1.20. The quantitative estimate of drug-likeness (QED) is 0.636. The van der Waals surface area contributed by atoms with Gasteiger partial charge >= 0.3 is 43.7 Å². The first-order chi connectivity index (χ1) is 5.13. The molecule has 1 rings (SSSR count). The second-order valence-corrected chi connectivity index (χ2v) is 13.0. The molecule has 0 amide bonds. The van der Waals surface area contributed by atoms with Crippen molar-refractivity contribution in [3.63, 3.8) is 0 Å². The summed E-state index contributed by atoms with van der Waals surface area (Å²) in [4.78, 5) is 0. The van der Waals surface area contributed by atoms with Crippen LogP contribution in [-0.4, -0.2) is 0 Å². The number of rotatable bonds is 0. The molecule has 0 radical (unpaired) electrons. The van der Waals surface area contributed by atoms with Crippen molar-refractivity contribution in [1.29, 1.82) is 0 Å². The molecular formula is C7H7Cl3Zr-. The Kier molecular flexibility index (Phi) is 8.29. The first-order valence-electron chi connectivity index (χ1n) is 2.89. The van der Waals surface area contributed by atoms with E-state index in [2.05, 4.69) is 6.07 Å². The van der Waals surface area contributed by atoms with Crippen molar-refractivity contribution in [2.45, 2.75) is 6.92 Å². The summed E-state index contributed by atoms with van der Waals surface area (Å²) < 4.78 is 0. The van der Waals surface area contributed by atoms with Gasteiger partial charge in [-0.15, -0.1) is 0 Å². The van der Waals surface area contributed by atoms with E-state index in [-0.39, 0.29) is 0 Å². The second kappa shape index (κ2) is 7.61. The normalized spacial score (nSPS) is 8.00.